The van der Waals surface area contributed by atoms with Crippen LogP contribution in [0.15, 0.2) is 24.3 Å². The number of hydrogen-bond donors (Lipinski definition) is 2. The first-order chi connectivity index (χ1) is 16.9. The molecular weight excluding hydrogens is 451 g/mol. The number of nitrogens with zero attached hydrogens (tertiary/aromatic N) is 2. The summed E-state index contributed by atoms with van der Waals surface area (Å²) < 4.78 is 18.6. The molecule has 3 aliphatic rings. The maximum absolute atomic E-state index is 13.3. The van der Waals surface area contributed by atoms with Crippen LogP contribution in [0.25, 0.3) is 0 Å². The Bertz CT molecular complexity index is 903. The molecule has 8 nitrogen and oxygen atoms in total. The van der Waals surface area contributed by atoms with Gasteiger partial charge in [0.15, 0.2) is 5.78 Å². The van der Waals surface area contributed by atoms with Crippen molar-refractivity contribution in [3.05, 3.63) is 35.6 Å². The minimum Gasteiger partial charge on any atom is -0.381 e. The first-order valence-electron chi connectivity index (χ1n) is 12.8. The Morgan fingerprint density at radius 1 is 1.20 bits per heavy atom. The molecule has 35 heavy (non-hydrogen) atoms. The third-order valence-corrected chi connectivity index (χ3v) is 7.69. The normalized spacial score (nSPS) is 26.5. The molecule has 3 saturated heterocycles. The maximum Gasteiger partial charge on any atom is 0.237 e. The lowest BCUT2D eigenvalue weighted by Crippen LogP contribution is -2.67. The summed E-state index contributed by atoms with van der Waals surface area (Å²) in [6, 6.07) is 5.84. The van der Waals surface area contributed by atoms with Crippen LogP contribution in [0.3, 0.4) is 0 Å². The fourth-order valence-electron chi connectivity index (χ4n) is 5.30. The lowest BCUT2D eigenvalue weighted by Gasteiger charge is -2.42. The number of carbonyl (C=O) groups is 3. The Labute approximate surface area is 206 Å². The number of halogens is 1. The number of fused-ring (bicyclic) bond motifs is 1. The van der Waals surface area contributed by atoms with Gasteiger partial charge in [-0.2, -0.15) is 0 Å². The first kappa shape index (κ1) is 25.7. The van der Waals surface area contributed by atoms with Crippen LogP contribution in [0, 0.1) is 17.7 Å². The monoisotopic (exact) mass is 488 g/mol. The summed E-state index contributed by atoms with van der Waals surface area (Å²) >= 11 is 0. The van der Waals surface area contributed by atoms with Gasteiger partial charge < -0.3 is 15.0 Å². The highest BCUT2D eigenvalue weighted by atomic mass is 19.1. The molecule has 3 unspecified atom stereocenters. The van der Waals surface area contributed by atoms with E-state index in [0.29, 0.717) is 57.8 Å². The second-order valence-corrected chi connectivity index (χ2v) is 10.0. The molecule has 192 valence electrons. The minimum atomic E-state index is -0.351. The molecule has 1 aromatic carbocycles. The second-order valence-electron chi connectivity index (χ2n) is 10.0. The summed E-state index contributed by atoms with van der Waals surface area (Å²) in [5, 5.41) is 6.53. The third-order valence-electron chi connectivity index (χ3n) is 7.69. The summed E-state index contributed by atoms with van der Waals surface area (Å²) in [5.74, 6) is -0.562. The van der Waals surface area contributed by atoms with Gasteiger partial charge in [-0.05, 0) is 70.0 Å². The van der Waals surface area contributed by atoms with Crippen molar-refractivity contribution in [3.8, 4) is 0 Å². The highest BCUT2D eigenvalue weighted by molar-refractivity contribution is 5.97. The smallest absolute Gasteiger partial charge is 0.237 e. The molecule has 4 atom stereocenters. The predicted octanol–water partition coefficient (Wildman–Crippen LogP) is 1.80. The molecular formula is C26H37FN4O4. The van der Waals surface area contributed by atoms with Crippen molar-refractivity contribution >= 4 is 17.6 Å². The molecule has 1 aromatic rings. The molecule has 3 aliphatic heterocycles. The molecule has 0 radical (unpaired) electrons. The van der Waals surface area contributed by atoms with Gasteiger partial charge in [-0.3, -0.25) is 24.6 Å². The maximum atomic E-state index is 13.3. The minimum absolute atomic E-state index is 0.0112. The number of carbonyl (C=O) groups excluding carboxylic acids is 3. The largest absolute Gasteiger partial charge is 0.381 e. The molecule has 0 spiro atoms. The average Bonchev–Trinajstić information content (AvgIpc) is 2.87. The fraction of sp³-hybridized carbons (Fsp3) is 0.654. The topological polar surface area (TPSA) is 91.0 Å². The van der Waals surface area contributed by atoms with Crippen LogP contribution in [0.2, 0.25) is 0 Å². The summed E-state index contributed by atoms with van der Waals surface area (Å²) in [5.41, 5.74) is 0.540. The van der Waals surface area contributed by atoms with Crippen molar-refractivity contribution < 1.29 is 23.5 Å². The van der Waals surface area contributed by atoms with Crippen LogP contribution >= 0.6 is 0 Å². The van der Waals surface area contributed by atoms with Crippen molar-refractivity contribution in [2.75, 3.05) is 39.4 Å². The van der Waals surface area contributed by atoms with E-state index in [1.54, 1.807) is 0 Å². The Balaban J connectivity index is 1.30. The second kappa shape index (κ2) is 11.6. The lowest BCUT2D eigenvalue weighted by atomic mass is 9.89. The summed E-state index contributed by atoms with van der Waals surface area (Å²) in [4.78, 5) is 42.6. The van der Waals surface area contributed by atoms with Gasteiger partial charge in [0.25, 0.3) is 0 Å². The van der Waals surface area contributed by atoms with E-state index in [-0.39, 0.29) is 53.5 Å². The van der Waals surface area contributed by atoms with Gasteiger partial charge in [-0.25, -0.2) is 4.39 Å². The highest BCUT2D eigenvalue weighted by Crippen LogP contribution is 2.23. The molecule has 4 rings (SSSR count). The zero-order chi connectivity index (χ0) is 24.9. The van der Waals surface area contributed by atoms with Gasteiger partial charge in [0.2, 0.25) is 11.8 Å². The number of piperidine rings is 1. The number of nitrogens with one attached hydrogen (secondary N) is 2. The third kappa shape index (κ3) is 6.26. The fourth-order valence-corrected chi connectivity index (χ4v) is 5.30. The van der Waals surface area contributed by atoms with E-state index in [4.69, 9.17) is 4.74 Å². The number of ketones is 1. The number of rotatable bonds is 8. The number of ether oxygens (including phenoxy) is 1. The van der Waals surface area contributed by atoms with E-state index in [0.717, 1.165) is 12.8 Å². The highest BCUT2D eigenvalue weighted by Gasteiger charge is 2.39. The molecule has 0 aromatic heterocycles. The molecule has 9 heteroatoms. The molecule has 3 fully saturated rings. The van der Waals surface area contributed by atoms with Crippen LogP contribution in [0.1, 0.15) is 49.9 Å². The van der Waals surface area contributed by atoms with Crippen molar-refractivity contribution in [2.24, 2.45) is 11.8 Å². The number of benzene rings is 1. The van der Waals surface area contributed by atoms with Crippen LogP contribution in [0.4, 0.5) is 4.39 Å². The number of likely N-dealkylation sites (tertiary alicyclic amines) is 1. The van der Waals surface area contributed by atoms with Gasteiger partial charge in [-0.15, -0.1) is 0 Å². The Kier molecular flexibility index (Phi) is 8.51. The van der Waals surface area contributed by atoms with Crippen molar-refractivity contribution in [2.45, 2.75) is 57.8 Å². The predicted molar refractivity (Wildman–Crippen MR) is 129 cm³/mol. The summed E-state index contributed by atoms with van der Waals surface area (Å²) in [6.07, 6.45) is 2.69. The van der Waals surface area contributed by atoms with Gasteiger partial charge in [0, 0.05) is 30.2 Å². The zero-order valence-corrected chi connectivity index (χ0v) is 20.7. The van der Waals surface area contributed by atoms with Gasteiger partial charge in [0.05, 0.1) is 31.8 Å². The molecule has 2 N–H and O–H groups in total. The summed E-state index contributed by atoms with van der Waals surface area (Å²) in [7, 11) is 0. The Morgan fingerprint density at radius 2 is 1.91 bits per heavy atom. The van der Waals surface area contributed by atoms with Gasteiger partial charge >= 0.3 is 0 Å². The van der Waals surface area contributed by atoms with E-state index in [2.05, 4.69) is 22.5 Å². The van der Waals surface area contributed by atoms with Gasteiger partial charge in [-0.1, -0.05) is 6.92 Å². The molecule has 2 amide bonds. The van der Waals surface area contributed by atoms with Crippen LogP contribution in [0.5, 0.6) is 0 Å². The number of hydrogen-bond acceptors (Lipinski definition) is 6. The van der Waals surface area contributed by atoms with Crippen LogP contribution < -0.4 is 10.6 Å². The molecule has 0 aliphatic carbocycles. The molecule has 3 heterocycles. The van der Waals surface area contributed by atoms with E-state index in [1.165, 1.54) is 24.3 Å². The summed E-state index contributed by atoms with van der Waals surface area (Å²) in [6.45, 7) is 7.21. The van der Waals surface area contributed by atoms with Gasteiger partial charge in [0.1, 0.15) is 5.82 Å². The Morgan fingerprint density at radius 3 is 2.60 bits per heavy atom. The number of amides is 2. The van der Waals surface area contributed by atoms with Crippen molar-refractivity contribution in [1.29, 1.82) is 0 Å². The molecule has 0 saturated carbocycles. The Hall–Kier alpha value is -2.36. The van der Waals surface area contributed by atoms with Crippen molar-refractivity contribution in [1.82, 2.24) is 20.4 Å². The SMILES string of the molecule is CC[C@H](C)N(CC1NC(=O)C2COCCC2N1)C(=O)CN1CCC(C(=O)c2ccc(F)cc2)CC1. The lowest BCUT2D eigenvalue weighted by molar-refractivity contribution is -0.140. The molecule has 0 bridgehead atoms. The first-order valence-corrected chi connectivity index (χ1v) is 12.8. The van der Waals surface area contributed by atoms with Crippen LogP contribution in [-0.2, 0) is 14.3 Å². The quantitative estimate of drug-likeness (QED) is 0.543. The standard InChI is InChI=1S/C26H37FN4O4/c1-3-17(2)31(14-23-28-22-10-13-35-16-21(22)26(34)29-23)24(32)15-30-11-8-19(9-12-30)25(33)18-4-6-20(27)7-5-18/h4-7,17,19,21-23,28H,3,8-16H2,1-2H3,(H,29,34)/t17-,21?,22?,23?/m0/s1. The van der Waals surface area contributed by atoms with E-state index >= 15 is 0 Å². The zero-order valence-electron chi connectivity index (χ0n) is 20.7. The number of Topliss-reactive ketones (excluding diaryl/α,β-unsaturated/α-hetero) is 1. The van der Waals surface area contributed by atoms with E-state index < -0.39 is 0 Å². The van der Waals surface area contributed by atoms with Crippen molar-refractivity contribution in [3.63, 3.8) is 0 Å². The van der Waals surface area contributed by atoms with Crippen LogP contribution in [-0.4, -0.2) is 85.0 Å². The van der Waals surface area contributed by atoms with E-state index in [1.807, 2.05) is 11.8 Å². The van der Waals surface area contributed by atoms with E-state index in [9.17, 15) is 18.8 Å². The average molecular weight is 489 g/mol.